The van der Waals surface area contributed by atoms with E-state index in [9.17, 15) is 24.5 Å². The van der Waals surface area contributed by atoms with Gasteiger partial charge in [-0.25, -0.2) is 4.79 Å². The van der Waals surface area contributed by atoms with Gasteiger partial charge in [0.15, 0.2) is 5.78 Å². The molecule has 0 radical (unpaired) electrons. The molecule has 130 valence electrons. The maximum Gasteiger partial charge on any atom is 0.343 e. The van der Waals surface area contributed by atoms with Gasteiger partial charge in [-0.15, -0.1) is 0 Å². The molecule has 0 amide bonds. The van der Waals surface area contributed by atoms with Gasteiger partial charge in [0.1, 0.15) is 5.56 Å². The Hall–Kier alpha value is -3.29. The maximum absolute atomic E-state index is 12.7. The van der Waals surface area contributed by atoms with Gasteiger partial charge >= 0.3 is 5.97 Å². The molecule has 1 aromatic heterocycles. The zero-order valence-corrected chi connectivity index (χ0v) is 13.7. The number of aromatic nitrogens is 1. The fourth-order valence-electron chi connectivity index (χ4n) is 2.30. The largest absolute Gasteiger partial charge is 0.462 e. The first-order chi connectivity index (χ1) is 11.9. The van der Waals surface area contributed by atoms with Crippen molar-refractivity contribution in [2.45, 2.75) is 20.3 Å². The van der Waals surface area contributed by atoms with E-state index in [0.29, 0.717) is 12.1 Å². The van der Waals surface area contributed by atoms with Crippen LogP contribution in [-0.2, 0) is 11.2 Å². The van der Waals surface area contributed by atoms with Crippen LogP contribution in [0.3, 0.4) is 0 Å². The molecule has 25 heavy (non-hydrogen) atoms. The van der Waals surface area contributed by atoms with Crippen LogP contribution >= 0.6 is 0 Å². The summed E-state index contributed by atoms with van der Waals surface area (Å²) < 4.78 is 4.82. The van der Waals surface area contributed by atoms with Gasteiger partial charge in [-0.3, -0.25) is 19.7 Å². The molecule has 0 spiro atoms. The summed E-state index contributed by atoms with van der Waals surface area (Å²) >= 11 is 0. The molecule has 0 bridgehead atoms. The van der Waals surface area contributed by atoms with E-state index in [2.05, 4.69) is 4.98 Å². The summed E-state index contributed by atoms with van der Waals surface area (Å²) in [4.78, 5) is 49.2. The molecule has 0 atom stereocenters. The Labute approximate surface area is 142 Å². The second-order valence-electron chi connectivity index (χ2n) is 5.11. The van der Waals surface area contributed by atoms with Crippen LogP contribution in [0, 0.1) is 10.1 Å². The lowest BCUT2D eigenvalue weighted by atomic mass is 9.99. The molecule has 0 saturated heterocycles. The van der Waals surface area contributed by atoms with E-state index in [1.807, 2.05) is 0 Å². The van der Waals surface area contributed by atoms with Crippen molar-refractivity contribution in [2.24, 2.45) is 0 Å². The van der Waals surface area contributed by atoms with E-state index in [1.54, 1.807) is 13.8 Å². The zero-order chi connectivity index (χ0) is 18.6. The lowest BCUT2D eigenvalue weighted by Gasteiger charge is -2.09. The highest BCUT2D eigenvalue weighted by molar-refractivity contribution is 6.10. The Balaban J connectivity index is 2.50. The number of hydrogen-bond acceptors (Lipinski definition) is 6. The van der Waals surface area contributed by atoms with Crippen LogP contribution in [0.4, 0.5) is 5.69 Å². The predicted octanol–water partition coefficient (Wildman–Crippen LogP) is 2.25. The van der Waals surface area contributed by atoms with Crippen LogP contribution in [0.1, 0.15) is 45.8 Å². The highest BCUT2D eigenvalue weighted by Crippen LogP contribution is 2.17. The molecule has 0 aliphatic rings. The number of nitro groups is 1. The van der Waals surface area contributed by atoms with Crippen LogP contribution in [0.25, 0.3) is 0 Å². The number of nitro benzene ring substituents is 1. The van der Waals surface area contributed by atoms with Crippen molar-refractivity contribution in [1.82, 2.24) is 4.98 Å². The number of nitrogens with one attached hydrogen (secondary N) is 1. The van der Waals surface area contributed by atoms with Gasteiger partial charge in [0.05, 0.1) is 11.5 Å². The van der Waals surface area contributed by atoms with Gasteiger partial charge in [-0.1, -0.05) is 6.92 Å². The second kappa shape index (κ2) is 7.52. The Morgan fingerprint density at radius 3 is 2.32 bits per heavy atom. The minimum absolute atomic E-state index is 0.0967. The molecular formula is C17H16N2O6. The lowest BCUT2D eigenvalue weighted by Crippen LogP contribution is -2.23. The lowest BCUT2D eigenvalue weighted by molar-refractivity contribution is -0.384. The number of esters is 1. The smallest absolute Gasteiger partial charge is 0.343 e. The number of aromatic amines is 1. The highest BCUT2D eigenvalue weighted by atomic mass is 16.6. The highest BCUT2D eigenvalue weighted by Gasteiger charge is 2.20. The van der Waals surface area contributed by atoms with Gasteiger partial charge in [0, 0.05) is 29.0 Å². The SMILES string of the molecule is CCOC(=O)c1cc(C(=O)c2ccc([N+](=O)[O-])cc2)c(CC)[nH]c1=O. The second-order valence-corrected chi connectivity index (χ2v) is 5.11. The third-order valence-electron chi connectivity index (χ3n) is 3.56. The summed E-state index contributed by atoms with van der Waals surface area (Å²) in [6.07, 6.45) is 0.367. The van der Waals surface area contributed by atoms with Gasteiger partial charge in [0.2, 0.25) is 0 Å². The number of H-pyrrole nitrogens is 1. The fourth-order valence-corrected chi connectivity index (χ4v) is 2.30. The van der Waals surface area contributed by atoms with E-state index in [-0.39, 0.29) is 29.0 Å². The molecule has 8 heteroatoms. The van der Waals surface area contributed by atoms with Crippen molar-refractivity contribution in [2.75, 3.05) is 6.61 Å². The monoisotopic (exact) mass is 344 g/mol. The fraction of sp³-hybridized carbons (Fsp3) is 0.235. The molecule has 2 aromatic rings. The number of aryl methyl sites for hydroxylation is 1. The summed E-state index contributed by atoms with van der Waals surface area (Å²) in [6.45, 7) is 3.46. The molecule has 1 heterocycles. The van der Waals surface area contributed by atoms with Gasteiger partial charge in [-0.2, -0.15) is 0 Å². The predicted molar refractivity (Wildman–Crippen MR) is 88.9 cm³/mol. The van der Waals surface area contributed by atoms with Crippen molar-refractivity contribution in [1.29, 1.82) is 0 Å². The van der Waals surface area contributed by atoms with Crippen molar-refractivity contribution in [3.8, 4) is 0 Å². The average molecular weight is 344 g/mol. The first kappa shape index (κ1) is 18.1. The first-order valence-electron chi connectivity index (χ1n) is 7.61. The average Bonchev–Trinajstić information content (AvgIpc) is 2.61. The van der Waals surface area contributed by atoms with Crippen LogP contribution in [0.15, 0.2) is 35.1 Å². The molecule has 2 rings (SSSR count). The molecule has 0 saturated carbocycles. The van der Waals surface area contributed by atoms with Crippen molar-refractivity contribution in [3.63, 3.8) is 0 Å². The van der Waals surface area contributed by atoms with Crippen LogP contribution < -0.4 is 5.56 Å². The van der Waals surface area contributed by atoms with Crippen LogP contribution in [0.5, 0.6) is 0 Å². The minimum Gasteiger partial charge on any atom is -0.462 e. The summed E-state index contributed by atoms with van der Waals surface area (Å²) in [5.41, 5.74) is -0.289. The van der Waals surface area contributed by atoms with E-state index in [1.165, 1.54) is 30.3 Å². The summed E-state index contributed by atoms with van der Waals surface area (Å²) in [5, 5.41) is 10.7. The van der Waals surface area contributed by atoms with Crippen molar-refractivity contribution < 1.29 is 19.2 Å². The molecular weight excluding hydrogens is 328 g/mol. The Morgan fingerprint density at radius 1 is 1.16 bits per heavy atom. The Morgan fingerprint density at radius 2 is 1.80 bits per heavy atom. The molecule has 0 unspecified atom stereocenters. The van der Waals surface area contributed by atoms with Crippen molar-refractivity contribution in [3.05, 3.63) is 73.2 Å². The molecule has 1 N–H and O–H groups in total. The summed E-state index contributed by atoms with van der Waals surface area (Å²) in [5.74, 6) is -1.27. The number of nitrogens with zero attached hydrogens (tertiary/aromatic N) is 1. The first-order valence-corrected chi connectivity index (χ1v) is 7.61. The standard InChI is InChI=1S/C17H16N2O6/c1-3-14-12(9-13(16(21)18-14)17(22)25-4-2)15(20)10-5-7-11(8-6-10)19(23)24/h5-9H,3-4H2,1-2H3,(H,18,21). The quantitative estimate of drug-likeness (QED) is 0.371. The van der Waals surface area contributed by atoms with Gasteiger partial charge in [-0.05, 0) is 31.5 Å². The van der Waals surface area contributed by atoms with E-state index < -0.39 is 22.2 Å². The van der Waals surface area contributed by atoms with Crippen LogP contribution in [-0.4, -0.2) is 28.3 Å². The van der Waals surface area contributed by atoms with E-state index in [0.717, 1.165) is 0 Å². The number of carbonyl (C=O) groups is 2. The number of ketones is 1. The summed E-state index contributed by atoms with van der Waals surface area (Å²) in [6, 6.07) is 6.30. The Bertz CT molecular complexity index is 883. The number of carbonyl (C=O) groups excluding carboxylic acids is 2. The minimum atomic E-state index is -0.816. The number of benzene rings is 1. The number of non-ortho nitro benzene ring substituents is 1. The Kier molecular flexibility index (Phi) is 5.43. The molecule has 0 aliphatic carbocycles. The van der Waals surface area contributed by atoms with Crippen LogP contribution in [0.2, 0.25) is 0 Å². The molecule has 0 fully saturated rings. The third-order valence-corrected chi connectivity index (χ3v) is 3.56. The molecule has 8 nitrogen and oxygen atoms in total. The number of pyridine rings is 1. The van der Waals surface area contributed by atoms with E-state index >= 15 is 0 Å². The summed E-state index contributed by atoms with van der Waals surface area (Å²) in [7, 11) is 0. The van der Waals surface area contributed by atoms with Gasteiger partial charge in [0.25, 0.3) is 11.2 Å². The number of hydrogen-bond donors (Lipinski definition) is 1. The maximum atomic E-state index is 12.7. The number of ether oxygens (including phenoxy) is 1. The van der Waals surface area contributed by atoms with Gasteiger partial charge < -0.3 is 9.72 Å². The number of rotatable bonds is 6. The van der Waals surface area contributed by atoms with Crippen molar-refractivity contribution >= 4 is 17.4 Å². The normalized spacial score (nSPS) is 10.3. The topological polar surface area (TPSA) is 119 Å². The molecule has 1 aromatic carbocycles. The van der Waals surface area contributed by atoms with E-state index in [4.69, 9.17) is 4.74 Å². The molecule has 0 aliphatic heterocycles. The third kappa shape index (κ3) is 3.79. The zero-order valence-electron chi connectivity index (χ0n) is 13.7.